The molecule has 20 heavy (non-hydrogen) atoms. The van der Waals surface area contributed by atoms with Crippen molar-refractivity contribution in [3.05, 3.63) is 59.1 Å². The van der Waals surface area contributed by atoms with Gasteiger partial charge in [0, 0.05) is 18.6 Å². The van der Waals surface area contributed by atoms with Gasteiger partial charge in [0.05, 0.1) is 10.6 Å². The zero-order valence-corrected chi connectivity index (χ0v) is 12.5. The summed E-state index contributed by atoms with van der Waals surface area (Å²) in [7, 11) is -2.12. The van der Waals surface area contributed by atoms with Gasteiger partial charge in [-0.25, -0.2) is 8.42 Å². The van der Waals surface area contributed by atoms with Crippen LogP contribution in [0, 0.1) is 0 Å². The molecule has 0 aliphatic heterocycles. The van der Waals surface area contributed by atoms with Crippen molar-refractivity contribution >= 4 is 27.3 Å². The van der Waals surface area contributed by atoms with Gasteiger partial charge in [0.2, 0.25) is 0 Å². The Balaban J connectivity index is 2.43. The van der Waals surface area contributed by atoms with Crippen LogP contribution >= 0.6 is 11.6 Å². The van der Waals surface area contributed by atoms with Crippen molar-refractivity contribution in [1.82, 2.24) is 0 Å². The number of nitrogens with two attached hydrogens (primary N) is 1. The third kappa shape index (κ3) is 2.80. The Kier molecular flexibility index (Phi) is 4.32. The predicted molar refractivity (Wildman–Crippen MR) is 81.4 cm³/mol. The lowest BCUT2D eigenvalue weighted by Crippen LogP contribution is -2.26. The minimum atomic E-state index is -3.63. The second kappa shape index (κ2) is 5.83. The average molecular weight is 311 g/mol. The van der Waals surface area contributed by atoms with E-state index in [1.165, 1.54) is 23.5 Å². The van der Waals surface area contributed by atoms with Crippen LogP contribution in [-0.2, 0) is 16.6 Å². The summed E-state index contributed by atoms with van der Waals surface area (Å²) in [6, 6.07) is 13.4. The van der Waals surface area contributed by atoms with Crippen LogP contribution in [0.25, 0.3) is 0 Å². The van der Waals surface area contributed by atoms with Gasteiger partial charge < -0.3 is 5.73 Å². The summed E-state index contributed by atoms with van der Waals surface area (Å²) in [6.45, 7) is 0.272. The number of hydrogen-bond acceptors (Lipinski definition) is 3. The first-order valence-electron chi connectivity index (χ1n) is 5.99. The number of para-hydroxylation sites is 1. The summed E-state index contributed by atoms with van der Waals surface area (Å²) in [5.74, 6) is 0. The summed E-state index contributed by atoms with van der Waals surface area (Å²) < 4.78 is 26.3. The van der Waals surface area contributed by atoms with E-state index in [0.29, 0.717) is 16.3 Å². The molecule has 2 aromatic carbocycles. The lowest BCUT2D eigenvalue weighted by Gasteiger charge is -2.19. The van der Waals surface area contributed by atoms with E-state index in [0.717, 1.165) is 0 Å². The molecule has 0 heterocycles. The number of nitrogens with zero attached hydrogens (tertiary/aromatic N) is 1. The normalized spacial score (nSPS) is 11.3. The molecular weight excluding hydrogens is 296 g/mol. The molecule has 0 aromatic heterocycles. The fourth-order valence-electron chi connectivity index (χ4n) is 1.79. The van der Waals surface area contributed by atoms with Gasteiger partial charge in [0.1, 0.15) is 0 Å². The molecule has 0 fully saturated rings. The van der Waals surface area contributed by atoms with Crippen LogP contribution in [-0.4, -0.2) is 15.5 Å². The molecule has 2 rings (SSSR count). The van der Waals surface area contributed by atoms with E-state index in [9.17, 15) is 8.42 Å². The van der Waals surface area contributed by atoms with E-state index >= 15 is 0 Å². The molecule has 4 nitrogen and oxygen atoms in total. The summed E-state index contributed by atoms with van der Waals surface area (Å²) in [5.41, 5.74) is 6.82. The first-order chi connectivity index (χ1) is 9.46. The third-order valence-corrected chi connectivity index (χ3v) is 5.16. The van der Waals surface area contributed by atoms with Gasteiger partial charge in [-0.2, -0.15) is 0 Å². The SMILES string of the molecule is CN(c1ccccc1)S(=O)(=O)c1ccc(CN)c(Cl)c1. The molecule has 2 aromatic rings. The Morgan fingerprint density at radius 1 is 1.15 bits per heavy atom. The highest BCUT2D eigenvalue weighted by Gasteiger charge is 2.21. The van der Waals surface area contributed by atoms with Crippen molar-refractivity contribution < 1.29 is 8.42 Å². The Hall–Kier alpha value is -1.56. The number of rotatable bonds is 4. The van der Waals surface area contributed by atoms with Crippen LogP contribution in [0.2, 0.25) is 5.02 Å². The highest BCUT2D eigenvalue weighted by Crippen LogP contribution is 2.25. The molecule has 0 aliphatic rings. The van der Waals surface area contributed by atoms with Crippen LogP contribution < -0.4 is 10.0 Å². The maximum atomic E-state index is 12.5. The topological polar surface area (TPSA) is 63.4 Å². The molecule has 0 spiro atoms. The van der Waals surface area contributed by atoms with E-state index in [2.05, 4.69) is 0 Å². The highest BCUT2D eigenvalue weighted by molar-refractivity contribution is 7.92. The quantitative estimate of drug-likeness (QED) is 0.944. The molecule has 0 saturated carbocycles. The number of anilines is 1. The maximum absolute atomic E-state index is 12.5. The Morgan fingerprint density at radius 2 is 1.80 bits per heavy atom. The molecule has 0 atom stereocenters. The van der Waals surface area contributed by atoms with E-state index in [1.807, 2.05) is 6.07 Å². The third-order valence-electron chi connectivity index (χ3n) is 3.02. The van der Waals surface area contributed by atoms with Crippen molar-refractivity contribution in [2.75, 3.05) is 11.4 Å². The van der Waals surface area contributed by atoms with Crippen molar-refractivity contribution in [1.29, 1.82) is 0 Å². The summed E-state index contributed by atoms with van der Waals surface area (Å²) in [6.07, 6.45) is 0. The zero-order chi connectivity index (χ0) is 14.8. The minimum Gasteiger partial charge on any atom is -0.326 e. The van der Waals surface area contributed by atoms with Gasteiger partial charge in [-0.1, -0.05) is 35.9 Å². The van der Waals surface area contributed by atoms with Crippen LogP contribution in [0.4, 0.5) is 5.69 Å². The van der Waals surface area contributed by atoms with Crippen molar-refractivity contribution in [2.45, 2.75) is 11.4 Å². The minimum absolute atomic E-state index is 0.144. The average Bonchev–Trinajstić information content (AvgIpc) is 2.47. The van der Waals surface area contributed by atoms with Gasteiger partial charge >= 0.3 is 0 Å². The summed E-state index contributed by atoms with van der Waals surface area (Å²) >= 11 is 6.02. The first kappa shape index (κ1) is 14.8. The molecule has 0 unspecified atom stereocenters. The number of hydrogen-bond donors (Lipinski definition) is 1. The molecule has 2 N–H and O–H groups in total. The smallest absolute Gasteiger partial charge is 0.264 e. The van der Waals surface area contributed by atoms with Crippen LogP contribution in [0.3, 0.4) is 0 Å². The molecule has 0 radical (unpaired) electrons. The molecular formula is C14H15ClN2O2S. The predicted octanol–water partition coefficient (Wildman–Crippen LogP) is 2.62. The zero-order valence-electron chi connectivity index (χ0n) is 11.0. The fraction of sp³-hybridized carbons (Fsp3) is 0.143. The fourth-order valence-corrected chi connectivity index (χ4v) is 3.33. The second-order valence-corrected chi connectivity index (χ2v) is 6.64. The van der Waals surface area contributed by atoms with E-state index in [4.69, 9.17) is 17.3 Å². The van der Waals surface area contributed by atoms with Crippen molar-refractivity contribution in [3.8, 4) is 0 Å². The molecule has 0 aliphatic carbocycles. The van der Waals surface area contributed by atoms with Crippen LogP contribution in [0.1, 0.15) is 5.56 Å². The van der Waals surface area contributed by atoms with Gasteiger partial charge in [0.15, 0.2) is 0 Å². The Bertz CT molecular complexity index is 702. The highest BCUT2D eigenvalue weighted by atomic mass is 35.5. The molecule has 6 heteroatoms. The lowest BCUT2D eigenvalue weighted by molar-refractivity contribution is 0.594. The largest absolute Gasteiger partial charge is 0.326 e. The van der Waals surface area contributed by atoms with E-state index < -0.39 is 10.0 Å². The maximum Gasteiger partial charge on any atom is 0.264 e. The van der Waals surface area contributed by atoms with E-state index in [1.54, 1.807) is 30.3 Å². The second-order valence-electron chi connectivity index (χ2n) is 4.27. The van der Waals surface area contributed by atoms with Crippen LogP contribution in [0.5, 0.6) is 0 Å². The molecule has 0 saturated heterocycles. The summed E-state index contributed by atoms with van der Waals surface area (Å²) in [5, 5.41) is 0.357. The van der Waals surface area contributed by atoms with Crippen molar-refractivity contribution in [2.24, 2.45) is 5.73 Å². The van der Waals surface area contributed by atoms with Gasteiger partial charge in [-0.3, -0.25) is 4.31 Å². The number of sulfonamides is 1. The molecule has 0 bridgehead atoms. The van der Waals surface area contributed by atoms with Gasteiger partial charge in [-0.05, 0) is 29.8 Å². The van der Waals surface area contributed by atoms with Gasteiger partial charge in [-0.15, -0.1) is 0 Å². The van der Waals surface area contributed by atoms with Crippen LogP contribution in [0.15, 0.2) is 53.4 Å². The molecule has 0 amide bonds. The summed E-state index contributed by atoms with van der Waals surface area (Å²) in [4.78, 5) is 0.144. The standard InChI is InChI=1S/C14H15ClN2O2S/c1-17(12-5-3-2-4-6-12)20(18,19)13-8-7-11(10-16)14(15)9-13/h2-9H,10,16H2,1H3. The monoisotopic (exact) mass is 310 g/mol. The van der Waals surface area contributed by atoms with E-state index in [-0.39, 0.29) is 11.4 Å². The number of halogens is 1. The lowest BCUT2D eigenvalue weighted by atomic mass is 10.2. The molecule has 106 valence electrons. The van der Waals surface area contributed by atoms with Gasteiger partial charge in [0.25, 0.3) is 10.0 Å². The number of benzene rings is 2. The first-order valence-corrected chi connectivity index (χ1v) is 7.81. The Morgan fingerprint density at radius 3 is 2.35 bits per heavy atom. The Labute approximate surface area is 123 Å². The van der Waals surface area contributed by atoms with Crippen molar-refractivity contribution in [3.63, 3.8) is 0 Å².